The van der Waals surface area contributed by atoms with E-state index in [0.717, 1.165) is 24.2 Å². The number of rotatable bonds is 13. The minimum atomic E-state index is -1.80. The third-order valence-corrected chi connectivity index (χ3v) is 10.4. The van der Waals surface area contributed by atoms with E-state index in [0.29, 0.717) is 6.42 Å². The number of nitrogens with one attached hydrogen (secondary N) is 1. The molecule has 3 N–H and O–H groups in total. The Labute approximate surface area is 221 Å². The molecule has 0 saturated carbocycles. The lowest BCUT2D eigenvalue weighted by Crippen LogP contribution is -2.57. The normalized spacial score (nSPS) is 11.8. The first-order chi connectivity index (χ1) is 17.7. The Morgan fingerprint density at radius 2 is 1.51 bits per heavy atom. The van der Waals surface area contributed by atoms with Crippen LogP contribution in [0, 0.1) is 0 Å². The summed E-state index contributed by atoms with van der Waals surface area (Å²) in [5.41, 5.74) is 6.39. The van der Waals surface area contributed by atoms with Crippen LogP contribution >= 0.6 is 0 Å². The number of aryl methyl sites for hydroxylation is 1. The number of hydrogen-bond acceptors (Lipinski definition) is 6. The zero-order valence-electron chi connectivity index (χ0n) is 22.5. The van der Waals surface area contributed by atoms with E-state index in [1.165, 1.54) is 22.0 Å². The number of fused-ring (bicyclic) bond motifs is 1. The van der Waals surface area contributed by atoms with E-state index < -0.39 is 25.6 Å². The van der Waals surface area contributed by atoms with Crippen molar-refractivity contribution in [3.63, 3.8) is 0 Å². The van der Waals surface area contributed by atoms with Crippen molar-refractivity contribution < 1.29 is 19.1 Å². The number of benzene rings is 3. The molecule has 37 heavy (non-hydrogen) atoms. The van der Waals surface area contributed by atoms with Crippen LogP contribution in [0.3, 0.4) is 0 Å². The van der Waals surface area contributed by atoms with Crippen LogP contribution in [0.5, 0.6) is 0 Å². The van der Waals surface area contributed by atoms with Crippen LogP contribution in [-0.4, -0.2) is 45.3 Å². The maximum absolute atomic E-state index is 12.4. The SMILES string of the molecule is CCOC(=O)C(N)(CCc1ccc(NCCC[Si](C)(C)c2cccc3ccccc23)cc1)C(=O)OCC. The molecule has 0 aliphatic carbocycles. The van der Waals surface area contributed by atoms with Crippen molar-refractivity contribution in [3.05, 3.63) is 72.3 Å². The molecule has 0 radical (unpaired) electrons. The van der Waals surface area contributed by atoms with Gasteiger partial charge in [0, 0.05) is 12.2 Å². The van der Waals surface area contributed by atoms with Crippen LogP contribution in [0.4, 0.5) is 5.69 Å². The molecule has 0 spiro atoms. The molecule has 0 unspecified atom stereocenters. The average Bonchev–Trinajstić information content (AvgIpc) is 2.90. The molecule has 3 rings (SSSR count). The topological polar surface area (TPSA) is 90.6 Å². The van der Waals surface area contributed by atoms with Crippen molar-refractivity contribution in [2.45, 2.75) is 57.8 Å². The summed E-state index contributed by atoms with van der Waals surface area (Å²) in [6.07, 6.45) is 1.67. The standard InChI is InChI=1S/C30H40N2O4Si/c1-5-35-28(33)30(31,29(34)36-6-2)20-19-23-15-17-25(18-16-23)32-21-10-22-37(3,4)27-14-9-12-24-11-7-8-13-26(24)27/h7-9,11-18,32H,5-6,10,19-22,31H2,1-4H3. The predicted molar refractivity (Wildman–Crippen MR) is 154 cm³/mol. The van der Waals surface area contributed by atoms with Crippen molar-refractivity contribution in [1.29, 1.82) is 0 Å². The first-order valence-electron chi connectivity index (χ1n) is 13.2. The predicted octanol–water partition coefficient (Wildman–Crippen LogP) is 5.01. The highest BCUT2D eigenvalue weighted by molar-refractivity contribution is 6.91. The van der Waals surface area contributed by atoms with Gasteiger partial charge in [0.1, 0.15) is 0 Å². The number of ether oxygens (including phenoxy) is 2. The summed E-state index contributed by atoms with van der Waals surface area (Å²) in [6.45, 7) is 9.47. The fraction of sp³-hybridized carbons (Fsp3) is 0.400. The summed E-state index contributed by atoms with van der Waals surface area (Å²) in [6, 6.07) is 24.6. The largest absolute Gasteiger partial charge is 0.464 e. The Kier molecular flexibility index (Phi) is 9.89. The van der Waals surface area contributed by atoms with Gasteiger partial charge in [-0.25, -0.2) is 9.59 Å². The van der Waals surface area contributed by atoms with E-state index in [2.05, 4.69) is 60.9 Å². The summed E-state index contributed by atoms with van der Waals surface area (Å²) in [4.78, 5) is 24.7. The van der Waals surface area contributed by atoms with Gasteiger partial charge in [-0.1, -0.05) is 78.9 Å². The number of hydrogen-bond donors (Lipinski definition) is 2. The van der Waals surface area contributed by atoms with E-state index in [9.17, 15) is 9.59 Å². The Morgan fingerprint density at radius 1 is 0.892 bits per heavy atom. The molecule has 6 nitrogen and oxygen atoms in total. The third-order valence-electron chi connectivity index (χ3n) is 6.87. The molecule has 0 aromatic heterocycles. The molecule has 3 aromatic rings. The first-order valence-corrected chi connectivity index (χ1v) is 16.4. The van der Waals surface area contributed by atoms with Crippen molar-refractivity contribution in [3.8, 4) is 0 Å². The molecule has 0 amide bonds. The molecular weight excluding hydrogens is 480 g/mol. The maximum Gasteiger partial charge on any atom is 0.337 e. The lowest BCUT2D eigenvalue weighted by Gasteiger charge is -2.25. The van der Waals surface area contributed by atoms with E-state index in [-0.39, 0.29) is 19.6 Å². The number of carbonyl (C=O) groups excluding carboxylic acids is 2. The highest BCUT2D eigenvalue weighted by atomic mass is 28.3. The zero-order valence-corrected chi connectivity index (χ0v) is 23.5. The van der Waals surface area contributed by atoms with Crippen LogP contribution < -0.4 is 16.2 Å². The number of anilines is 1. The van der Waals surface area contributed by atoms with E-state index in [1.807, 2.05) is 24.3 Å². The molecule has 0 bridgehead atoms. The van der Waals surface area contributed by atoms with Gasteiger partial charge in [-0.05, 0) is 61.6 Å². The number of esters is 2. The second kappa shape index (κ2) is 12.9. The molecule has 0 saturated heterocycles. The van der Waals surface area contributed by atoms with E-state index >= 15 is 0 Å². The summed E-state index contributed by atoms with van der Waals surface area (Å²) < 4.78 is 10.1. The Balaban J connectivity index is 1.53. The van der Waals surface area contributed by atoms with Gasteiger partial charge in [-0.15, -0.1) is 0 Å². The van der Waals surface area contributed by atoms with Gasteiger partial charge in [-0.3, -0.25) is 0 Å². The van der Waals surface area contributed by atoms with Crippen molar-refractivity contribution in [1.82, 2.24) is 0 Å². The molecule has 0 atom stereocenters. The highest BCUT2D eigenvalue weighted by Crippen LogP contribution is 2.21. The van der Waals surface area contributed by atoms with Gasteiger partial charge >= 0.3 is 11.9 Å². The molecule has 7 heteroatoms. The minimum absolute atomic E-state index is 0.116. The van der Waals surface area contributed by atoms with Crippen molar-refractivity contribution >= 4 is 41.7 Å². The molecule has 0 fully saturated rings. The first kappa shape index (κ1) is 28.4. The fourth-order valence-corrected chi connectivity index (χ4v) is 7.49. The molecule has 0 heterocycles. The van der Waals surface area contributed by atoms with Crippen molar-refractivity contribution in [2.75, 3.05) is 25.1 Å². The van der Waals surface area contributed by atoms with E-state index in [1.54, 1.807) is 13.8 Å². The quantitative estimate of drug-likeness (QED) is 0.142. The monoisotopic (exact) mass is 520 g/mol. The average molecular weight is 521 g/mol. The molecule has 198 valence electrons. The Hall–Kier alpha value is -3.16. The Morgan fingerprint density at radius 3 is 2.16 bits per heavy atom. The fourth-order valence-electron chi connectivity index (χ4n) is 4.65. The number of carbonyl (C=O) groups is 2. The summed E-state index contributed by atoms with van der Waals surface area (Å²) in [5.74, 6) is -1.50. The molecule has 0 aliphatic heterocycles. The highest BCUT2D eigenvalue weighted by Gasteiger charge is 2.44. The zero-order chi connectivity index (χ0) is 26.9. The summed E-state index contributed by atoms with van der Waals surface area (Å²) >= 11 is 0. The molecular formula is C30H40N2O4Si. The lowest BCUT2D eigenvalue weighted by molar-refractivity contribution is -0.164. The maximum atomic E-state index is 12.4. The van der Waals surface area contributed by atoms with Crippen LogP contribution in [-0.2, 0) is 25.5 Å². The van der Waals surface area contributed by atoms with Gasteiger partial charge in [0.25, 0.3) is 0 Å². The van der Waals surface area contributed by atoms with Crippen LogP contribution in [0.15, 0.2) is 66.7 Å². The molecule has 3 aromatic carbocycles. The lowest BCUT2D eigenvalue weighted by atomic mass is 9.92. The van der Waals surface area contributed by atoms with Crippen molar-refractivity contribution in [2.24, 2.45) is 5.73 Å². The van der Waals surface area contributed by atoms with Crippen LogP contribution in [0.25, 0.3) is 10.8 Å². The van der Waals surface area contributed by atoms with Gasteiger partial charge in [0.2, 0.25) is 5.54 Å². The Bertz CT molecular complexity index is 1170. The van der Waals surface area contributed by atoms with Crippen LogP contribution in [0.1, 0.15) is 32.3 Å². The van der Waals surface area contributed by atoms with Gasteiger partial charge < -0.3 is 20.5 Å². The minimum Gasteiger partial charge on any atom is -0.464 e. The van der Waals surface area contributed by atoms with Crippen LogP contribution in [0.2, 0.25) is 19.1 Å². The second-order valence-corrected chi connectivity index (χ2v) is 14.9. The van der Waals surface area contributed by atoms with Gasteiger partial charge in [0.15, 0.2) is 0 Å². The number of nitrogens with two attached hydrogens (primary N) is 1. The summed E-state index contributed by atoms with van der Waals surface area (Å²) in [7, 11) is -1.58. The van der Waals surface area contributed by atoms with E-state index in [4.69, 9.17) is 15.2 Å². The third kappa shape index (κ3) is 7.20. The van der Waals surface area contributed by atoms with Gasteiger partial charge in [-0.2, -0.15) is 0 Å². The second-order valence-electron chi connectivity index (χ2n) is 10.1. The smallest absolute Gasteiger partial charge is 0.337 e. The molecule has 0 aliphatic rings. The summed E-state index contributed by atoms with van der Waals surface area (Å²) in [5, 5.41) is 7.75. The van der Waals surface area contributed by atoms with Gasteiger partial charge in [0.05, 0.1) is 21.3 Å².